The van der Waals surface area contributed by atoms with Crippen LogP contribution in [0, 0.1) is 6.92 Å². The molecule has 0 atom stereocenters. The van der Waals surface area contributed by atoms with Gasteiger partial charge < -0.3 is 15.6 Å². The standard InChI is InChI=1S/C12H20N6/c1-3-6-18-12(11(13)10(2)16-18)15-5-8-17-7-4-14-9-17/h4,7,9,15H,3,5-6,8,13H2,1-2H3. The first-order chi connectivity index (χ1) is 8.72. The smallest absolute Gasteiger partial charge is 0.148 e. The van der Waals surface area contributed by atoms with Crippen molar-refractivity contribution in [2.75, 3.05) is 17.6 Å². The minimum atomic E-state index is 0.745. The molecule has 0 aliphatic heterocycles. The van der Waals surface area contributed by atoms with E-state index in [9.17, 15) is 0 Å². The van der Waals surface area contributed by atoms with Crippen LogP contribution in [0.1, 0.15) is 19.0 Å². The highest BCUT2D eigenvalue weighted by Gasteiger charge is 2.10. The van der Waals surface area contributed by atoms with Crippen molar-refractivity contribution in [3.63, 3.8) is 0 Å². The summed E-state index contributed by atoms with van der Waals surface area (Å²) in [5, 5.41) is 7.78. The Morgan fingerprint density at radius 3 is 2.89 bits per heavy atom. The lowest BCUT2D eigenvalue weighted by atomic mass is 10.4. The summed E-state index contributed by atoms with van der Waals surface area (Å²) in [4.78, 5) is 4.01. The Labute approximate surface area is 107 Å². The molecule has 2 rings (SSSR count). The average Bonchev–Trinajstić information content (AvgIpc) is 2.94. The number of nitrogens with two attached hydrogens (primary N) is 1. The summed E-state index contributed by atoms with van der Waals surface area (Å²) in [5.74, 6) is 0.925. The van der Waals surface area contributed by atoms with Crippen LogP contribution in [-0.2, 0) is 13.1 Å². The molecule has 2 aromatic heterocycles. The third kappa shape index (κ3) is 2.64. The SMILES string of the molecule is CCCn1nc(C)c(N)c1NCCn1ccnc1. The molecule has 0 saturated carbocycles. The number of nitrogen functional groups attached to an aromatic ring is 1. The first kappa shape index (κ1) is 12.5. The van der Waals surface area contributed by atoms with Crippen molar-refractivity contribution in [3.8, 4) is 0 Å². The summed E-state index contributed by atoms with van der Waals surface area (Å²) in [6.45, 7) is 6.60. The lowest BCUT2D eigenvalue weighted by molar-refractivity contribution is 0.600. The first-order valence-corrected chi connectivity index (χ1v) is 6.25. The molecule has 0 aromatic carbocycles. The van der Waals surface area contributed by atoms with Gasteiger partial charge in [0, 0.05) is 32.0 Å². The van der Waals surface area contributed by atoms with Gasteiger partial charge in [-0.05, 0) is 13.3 Å². The van der Waals surface area contributed by atoms with E-state index in [0.717, 1.165) is 43.3 Å². The number of aryl methyl sites for hydroxylation is 2. The summed E-state index contributed by atoms with van der Waals surface area (Å²) in [6, 6.07) is 0. The van der Waals surface area contributed by atoms with E-state index in [-0.39, 0.29) is 0 Å². The Balaban J connectivity index is 1.99. The van der Waals surface area contributed by atoms with Gasteiger partial charge in [-0.2, -0.15) is 5.10 Å². The number of anilines is 2. The summed E-state index contributed by atoms with van der Waals surface area (Å²) >= 11 is 0. The number of imidazole rings is 1. The maximum absolute atomic E-state index is 6.03. The van der Waals surface area contributed by atoms with E-state index in [1.807, 2.05) is 22.4 Å². The van der Waals surface area contributed by atoms with Crippen molar-refractivity contribution in [1.82, 2.24) is 19.3 Å². The fourth-order valence-electron chi connectivity index (χ4n) is 1.88. The van der Waals surface area contributed by atoms with Gasteiger partial charge in [0.05, 0.1) is 17.7 Å². The second-order valence-corrected chi connectivity index (χ2v) is 4.30. The number of hydrogen-bond donors (Lipinski definition) is 2. The van der Waals surface area contributed by atoms with E-state index < -0.39 is 0 Å². The predicted molar refractivity (Wildman–Crippen MR) is 72.4 cm³/mol. The maximum atomic E-state index is 6.03. The molecule has 0 saturated heterocycles. The normalized spacial score (nSPS) is 10.8. The fraction of sp³-hybridized carbons (Fsp3) is 0.500. The highest BCUT2D eigenvalue weighted by atomic mass is 15.3. The third-order valence-corrected chi connectivity index (χ3v) is 2.83. The van der Waals surface area contributed by atoms with E-state index in [0.29, 0.717) is 0 Å². The second kappa shape index (κ2) is 5.57. The summed E-state index contributed by atoms with van der Waals surface area (Å²) < 4.78 is 3.97. The zero-order chi connectivity index (χ0) is 13.0. The molecule has 2 heterocycles. The molecule has 0 unspecified atom stereocenters. The largest absolute Gasteiger partial charge is 0.394 e. The molecule has 2 aromatic rings. The van der Waals surface area contributed by atoms with Crippen LogP contribution in [0.15, 0.2) is 18.7 Å². The van der Waals surface area contributed by atoms with Gasteiger partial charge in [-0.15, -0.1) is 0 Å². The highest BCUT2D eigenvalue weighted by molar-refractivity contribution is 5.64. The summed E-state index contributed by atoms with van der Waals surface area (Å²) in [6.07, 6.45) is 6.57. The number of aromatic nitrogens is 4. The van der Waals surface area contributed by atoms with E-state index in [2.05, 4.69) is 22.3 Å². The Morgan fingerprint density at radius 2 is 2.22 bits per heavy atom. The van der Waals surface area contributed by atoms with Crippen molar-refractivity contribution < 1.29 is 0 Å². The van der Waals surface area contributed by atoms with E-state index in [4.69, 9.17) is 5.73 Å². The third-order valence-electron chi connectivity index (χ3n) is 2.83. The van der Waals surface area contributed by atoms with Gasteiger partial charge in [-0.3, -0.25) is 0 Å². The molecule has 98 valence electrons. The molecule has 18 heavy (non-hydrogen) atoms. The minimum absolute atomic E-state index is 0.745. The lowest BCUT2D eigenvalue weighted by Gasteiger charge is -2.10. The van der Waals surface area contributed by atoms with Crippen LogP contribution >= 0.6 is 0 Å². The molecule has 0 radical (unpaired) electrons. The molecular formula is C12H20N6. The molecule has 0 bridgehead atoms. The zero-order valence-corrected chi connectivity index (χ0v) is 10.9. The summed E-state index contributed by atoms with van der Waals surface area (Å²) in [5.41, 5.74) is 7.66. The van der Waals surface area contributed by atoms with Crippen LogP contribution in [0.2, 0.25) is 0 Å². The predicted octanol–water partition coefficient (Wildman–Crippen LogP) is 1.49. The Bertz CT molecular complexity index is 485. The number of nitrogens with one attached hydrogen (secondary N) is 1. The molecule has 6 nitrogen and oxygen atoms in total. The van der Waals surface area contributed by atoms with Gasteiger partial charge in [0.2, 0.25) is 0 Å². The molecular weight excluding hydrogens is 228 g/mol. The lowest BCUT2D eigenvalue weighted by Crippen LogP contribution is -2.14. The second-order valence-electron chi connectivity index (χ2n) is 4.30. The fourth-order valence-corrected chi connectivity index (χ4v) is 1.88. The highest BCUT2D eigenvalue weighted by Crippen LogP contribution is 2.22. The Morgan fingerprint density at radius 1 is 1.39 bits per heavy atom. The molecule has 0 amide bonds. The monoisotopic (exact) mass is 248 g/mol. The summed E-state index contributed by atoms with van der Waals surface area (Å²) in [7, 11) is 0. The van der Waals surface area contributed by atoms with Gasteiger partial charge in [0.1, 0.15) is 5.82 Å². The van der Waals surface area contributed by atoms with Crippen LogP contribution in [0.25, 0.3) is 0 Å². The van der Waals surface area contributed by atoms with Crippen LogP contribution in [0.4, 0.5) is 11.5 Å². The maximum Gasteiger partial charge on any atom is 0.148 e. The molecule has 0 aliphatic carbocycles. The molecule has 0 aliphatic rings. The van der Waals surface area contributed by atoms with E-state index >= 15 is 0 Å². The van der Waals surface area contributed by atoms with Gasteiger partial charge >= 0.3 is 0 Å². The van der Waals surface area contributed by atoms with Crippen molar-refractivity contribution in [1.29, 1.82) is 0 Å². The van der Waals surface area contributed by atoms with Crippen LogP contribution in [0.5, 0.6) is 0 Å². The molecule has 0 fully saturated rings. The Kier molecular flexibility index (Phi) is 3.86. The number of hydrogen-bond acceptors (Lipinski definition) is 4. The van der Waals surface area contributed by atoms with Crippen molar-refractivity contribution in [2.24, 2.45) is 0 Å². The Hall–Kier alpha value is -1.98. The zero-order valence-electron chi connectivity index (χ0n) is 10.9. The molecule has 3 N–H and O–H groups in total. The van der Waals surface area contributed by atoms with Crippen molar-refractivity contribution in [3.05, 3.63) is 24.4 Å². The number of rotatable bonds is 6. The van der Waals surface area contributed by atoms with E-state index in [1.54, 1.807) is 12.5 Å². The van der Waals surface area contributed by atoms with Gasteiger partial charge in [-0.1, -0.05) is 6.92 Å². The van der Waals surface area contributed by atoms with Crippen molar-refractivity contribution >= 4 is 11.5 Å². The topological polar surface area (TPSA) is 73.7 Å². The van der Waals surface area contributed by atoms with Crippen LogP contribution in [0.3, 0.4) is 0 Å². The van der Waals surface area contributed by atoms with Gasteiger partial charge in [0.25, 0.3) is 0 Å². The van der Waals surface area contributed by atoms with Crippen LogP contribution < -0.4 is 11.1 Å². The van der Waals surface area contributed by atoms with Gasteiger partial charge in [-0.25, -0.2) is 9.67 Å². The van der Waals surface area contributed by atoms with Gasteiger partial charge in [0.15, 0.2) is 0 Å². The molecule has 0 spiro atoms. The molecule has 6 heteroatoms. The number of nitrogens with zero attached hydrogens (tertiary/aromatic N) is 4. The van der Waals surface area contributed by atoms with E-state index in [1.165, 1.54) is 0 Å². The van der Waals surface area contributed by atoms with Crippen LogP contribution in [-0.4, -0.2) is 25.9 Å². The average molecular weight is 248 g/mol. The first-order valence-electron chi connectivity index (χ1n) is 6.25. The quantitative estimate of drug-likeness (QED) is 0.812. The minimum Gasteiger partial charge on any atom is -0.394 e. The van der Waals surface area contributed by atoms with Crippen molar-refractivity contribution in [2.45, 2.75) is 33.4 Å².